The van der Waals surface area contributed by atoms with E-state index in [4.69, 9.17) is 9.84 Å². The maximum absolute atomic E-state index is 10.9. The lowest BCUT2D eigenvalue weighted by Gasteiger charge is -2.26. The maximum atomic E-state index is 10.9. The third kappa shape index (κ3) is 1.37. The van der Waals surface area contributed by atoms with Crippen LogP contribution in [0.25, 0.3) is 0 Å². The molecule has 1 aliphatic heterocycles. The number of hydrogen-bond acceptors (Lipinski definition) is 2. The van der Waals surface area contributed by atoms with E-state index in [-0.39, 0.29) is 0 Å². The molecule has 1 heterocycles. The van der Waals surface area contributed by atoms with Gasteiger partial charge in [0, 0.05) is 0 Å². The van der Waals surface area contributed by atoms with Crippen LogP contribution in [0, 0.1) is 0 Å². The Morgan fingerprint density at radius 1 is 1.50 bits per heavy atom. The van der Waals surface area contributed by atoms with Crippen LogP contribution in [-0.2, 0) is 9.53 Å². The third-order valence-electron chi connectivity index (χ3n) is 2.09. The zero-order valence-electron chi connectivity index (χ0n) is 7.63. The van der Waals surface area contributed by atoms with Gasteiger partial charge in [0.2, 0.25) is 0 Å². The van der Waals surface area contributed by atoms with Gasteiger partial charge < -0.3 is 9.84 Å². The summed E-state index contributed by atoms with van der Waals surface area (Å²) in [6, 6.07) is 0. The van der Waals surface area contributed by atoms with Gasteiger partial charge in [-0.2, -0.15) is 0 Å². The van der Waals surface area contributed by atoms with E-state index in [0.717, 1.165) is 0 Å². The van der Waals surface area contributed by atoms with E-state index in [2.05, 4.69) is 0 Å². The topological polar surface area (TPSA) is 46.5 Å². The van der Waals surface area contributed by atoms with Crippen LogP contribution in [0.1, 0.15) is 27.2 Å². The highest BCUT2D eigenvalue weighted by Crippen LogP contribution is 2.33. The van der Waals surface area contributed by atoms with Gasteiger partial charge in [-0.3, -0.25) is 0 Å². The van der Waals surface area contributed by atoms with Gasteiger partial charge in [0.05, 0.1) is 5.60 Å². The highest BCUT2D eigenvalue weighted by molar-refractivity contribution is 5.80. The first-order valence-corrected chi connectivity index (χ1v) is 4.06. The first kappa shape index (κ1) is 9.26. The molecule has 12 heavy (non-hydrogen) atoms. The molecule has 1 atom stereocenters. The fourth-order valence-corrected chi connectivity index (χ4v) is 1.33. The molecule has 1 rings (SSSR count). The summed E-state index contributed by atoms with van der Waals surface area (Å²) >= 11 is 0. The Labute approximate surface area is 72.0 Å². The summed E-state index contributed by atoms with van der Waals surface area (Å²) < 4.78 is 5.44. The second kappa shape index (κ2) is 2.59. The van der Waals surface area contributed by atoms with Crippen molar-refractivity contribution in [2.24, 2.45) is 0 Å². The van der Waals surface area contributed by atoms with Crippen LogP contribution < -0.4 is 0 Å². The Morgan fingerprint density at radius 3 is 2.25 bits per heavy atom. The Hall–Kier alpha value is -0.830. The van der Waals surface area contributed by atoms with Crippen LogP contribution in [0.3, 0.4) is 0 Å². The van der Waals surface area contributed by atoms with E-state index >= 15 is 0 Å². The quantitative estimate of drug-likeness (QED) is 0.640. The molecule has 0 aromatic rings. The van der Waals surface area contributed by atoms with Gasteiger partial charge >= 0.3 is 5.97 Å². The van der Waals surface area contributed by atoms with Crippen molar-refractivity contribution < 1.29 is 14.6 Å². The summed E-state index contributed by atoms with van der Waals surface area (Å²) in [5.74, 6) is -0.910. The highest BCUT2D eigenvalue weighted by Gasteiger charge is 2.44. The molecule has 0 saturated carbocycles. The van der Waals surface area contributed by atoms with E-state index < -0.39 is 17.2 Å². The van der Waals surface area contributed by atoms with Crippen LogP contribution in [0.2, 0.25) is 0 Å². The number of carboxylic acid groups (broad SMARTS) is 1. The molecule has 0 aromatic heterocycles. The molecule has 0 fully saturated rings. The molecule has 0 aliphatic carbocycles. The monoisotopic (exact) mass is 170 g/mol. The fraction of sp³-hybridized carbons (Fsp3) is 0.667. The first-order chi connectivity index (χ1) is 5.42. The van der Waals surface area contributed by atoms with Gasteiger partial charge in [-0.25, -0.2) is 4.79 Å². The number of hydrogen-bond donors (Lipinski definition) is 1. The highest BCUT2D eigenvalue weighted by atomic mass is 16.5. The molecule has 68 valence electrons. The summed E-state index contributed by atoms with van der Waals surface area (Å²) in [5, 5.41) is 8.92. The smallest absolute Gasteiger partial charge is 0.340 e. The number of rotatable bonds is 2. The van der Waals surface area contributed by atoms with Crippen molar-refractivity contribution in [2.45, 2.75) is 38.4 Å². The minimum absolute atomic E-state index is 0.450. The van der Waals surface area contributed by atoms with Crippen molar-refractivity contribution in [2.75, 3.05) is 0 Å². The molecular weight excluding hydrogens is 156 g/mol. The number of aliphatic carboxylic acids is 1. The van der Waals surface area contributed by atoms with Gasteiger partial charge in [-0.1, -0.05) is 13.0 Å². The molecule has 0 saturated heterocycles. The summed E-state index contributed by atoms with van der Waals surface area (Å²) in [5.41, 5.74) is -1.54. The minimum atomic E-state index is -1.09. The van der Waals surface area contributed by atoms with E-state index in [1.165, 1.54) is 0 Å². The van der Waals surface area contributed by atoms with Crippen LogP contribution in [0.5, 0.6) is 0 Å². The van der Waals surface area contributed by atoms with Crippen molar-refractivity contribution in [3.63, 3.8) is 0 Å². The normalized spacial score (nSPS) is 32.2. The van der Waals surface area contributed by atoms with E-state index in [1.54, 1.807) is 19.1 Å². The number of ether oxygens (including phenoxy) is 1. The zero-order chi connectivity index (χ0) is 9.41. The molecule has 0 amide bonds. The number of carboxylic acids is 1. The first-order valence-electron chi connectivity index (χ1n) is 4.06. The SMILES string of the molecule is CCC1(C(=O)O)C=CC(C)(C)O1. The maximum Gasteiger partial charge on any atom is 0.340 e. The van der Waals surface area contributed by atoms with Gasteiger partial charge in [0.1, 0.15) is 0 Å². The Bertz CT molecular complexity index is 230. The molecule has 0 spiro atoms. The predicted octanol–water partition coefficient (Wildman–Crippen LogP) is 1.58. The second-order valence-corrected chi connectivity index (χ2v) is 3.59. The summed E-state index contributed by atoms with van der Waals surface area (Å²) in [7, 11) is 0. The van der Waals surface area contributed by atoms with Gasteiger partial charge in [-0.05, 0) is 26.3 Å². The third-order valence-corrected chi connectivity index (χ3v) is 2.09. The summed E-state index contributed by atoms with van der Waals surface area (Å²) in [6.45, 7) is 5.51. The van der Waals surface area contributed by atoms with Gasteiger partial charge in [-0.15, -0.1) is 0 Å². The van der Waals surface area contributed by atoms with Gasteiger partial charge in [0.25, 0.3) is 0 Å². The van der Waals surface area contributed by atoms with Gasteiger partial charge in [0.15, 0.2) is 5.60 Å². The molecule has 1 unspecified atom stereocenters. The molecule has 3 nitrogen and oxygen atoms in total. The molecule has 1 N–H and O–H groups in total. The largest absolute Gasteiger partial charge is 0.479 e. The minimum Gasteiger partial charge on any atom is -0.479 e. The standard InChI is InChI=1S/C9H14O3/c1-4-9(7(10)11)6-5-8(2,3)12-9/h5-6H,4H2,1-3H3,(H,10,11). The van der Waals surface area contributed by atoms with Crippen LogP contribution >= 0.6 is 0 Å². The van der Waals surface area contributed by atoms with E-state index in [9.17, 15) is 4.79 Å². The lowest BCUT2D eigenvalue weighted by molar-refractivity contribution is -0.166. The average Bonchev–Trinajstić information content (AvgIpc) is 2.27. The number of carbonyl (C=O) groups is 1. The van der Waals surface area contributed by atoms with Crippen molar-refractivity contribution >= 4 is 5.97 Å². The van der Waals surface area contributed by atoms with Crippen molar-refractivity contribution in [1.82, 2.24) is 0 Å². The van der Waals surface area contributed by atoms with Crippen molar-refractivity contribution in [3.8, 4) is 0 Å². The Kier molecular flexibility index (Phi) is 2.00. The predicted molar refractivity (Wildman–Crippen MR) is 45.0 cm³/mol. The lowest BCUT2D eigenvalue weighted by Crippen LogP contribution is -2.40. The molecule has 0 aromatic carbocycles. The molecular formula is C9H14O3. The summed E-state index contributed by atoms with van der Waals surface area (Å²) in [6.07, 6.45) is 3.89. The van der Waals surface area contributed by atoms with Crippen LogP contribution in [-0.4, -0.2) is 22.3 Å². The van der Waals surface area contributed by atoms with Crippen LogP contribution in [0.4, 0.5) is 0 Å². The Morgan fingerprint density at radius 2 is 2.08 bits per heavy atom. The Balaban J connectivity index is 2.89. The average molecular weight is 170 g/mol. The fourth-order valence-electron chi connectivity index (χ4n) is 1.33. The zero-order valence-corrected chi connectivity index (χ0v) is 7.63. The van der Waals surface area contributed by atoms with Crippen molar-refractivity contribution in [3.05, 3.63) is 12.2 Å². The molecule has 1 aliphatic rings. The molecule has 3 heteroatoms. The molecule has 0 radical (unpaired) electrons. The van der Waals surface area contributed by atoms with Crippen molar-refractivity contribution in [1.29, 1.82) is 0 Å². The second-order valence-electron chi connectivity index (χ2n) is 3.59. The summed E-state index contributed by atoms with van der Waals surface area (Å²) in [4.78, 5) is 10.9. The van der Waals surface area contributed by atoms with E-state index in [0.29, 0.717) is 6.42 Å². The van der Waals surface area contributed by atoms with Crippen LogP contribution in [0.15, 0.2) is 12.2 Å². The lowest BCUT2D eigenvalue weighted by atomic mass is 10.0. The molecule has 0 bridgehead atoms. The van der Waals surface area contributed by atoms with E-state index in [1.807, 2.05) is 13.8 Å².